The van der Waals surface area contributed by atoms with Crippen LogP contribution in [0.5, 0.6) is 5.75 Å². The van der Waals surface area contributed by atoms with Gasteiger partial charge >= 0.3 is 0 Å². The second kappa shape index (κ2) is 9.18. The Kier molecular flexibility index (Phi) is 7.53. The Bertz CT molecular complexity index is 493. The first kappa shape index (κ1) is 17.2. The molecule has 0 radical (unpaired) electrons. The minimum atomic E-state index is -0.256. The van der Waals surface area contributed by atoms with Crippen LogP contribution in [-0.4, -0.2) is 41.6 Å². The molecule has 0 aliphatic carbocycles. The van der Waals surface area contributed by atoms with Crippen molar-refractivity contribution in [2.45, 2.75) is 33.2 Å². The van der Waals surface area contributed by atoms with E-state index in [4.69, 9.17) is 10.5 Å². The van der Waals surface area contributed by atoms with Crippen LogP contribution < -0.4 is 16.0 Å². The van der Waals surface area contributed by atoms with E-state index in [1.807, 2.05) is 13.8 Å². The van der Waals surface area contributed by atoms with Gasteiger partial charge in [-0.15, -0.1) is 0 Å². The van der Waals surface area contributed by atoms with Crippen LogP contribution in [0.4, 0.5) is 0 Å². The highest BCUT2D eigenvalue weighted by Gasteiger charge is 2.13. The molecule has 1 aromatic rings. The lowest BCUT2D eigenvalue weighted by Crippen LogP contribution is -2.36. The minimum absolute atomic E-state index is 0.0904. The average molecular weight is 295 g/mol. The van der Waals surface area contributed by atoms with Gasteiger partial charge in [-0.1, -0.05) is 13.8 Å². The fraction of sp³-hybridized carbons (Fsp3) is 0.600. The van der Waals surface area contributed by atoms with Crippen LogP contribution in [-0.2, 0) is 11.3 Å². The standard InChI is InChI=1S/C15H25N3O3/c1-3-8-17(9-4-2)14(19)12-21-13-6-5-10-18(11-7-16)15(13)20/h5-6,10H,3-4,7-9,11-12,16H2,1-2H3. The molecule has 0 saturated heterocycles. The van der Waals surface area contributed by atoms with E-state index < -0.39 is 0 Å². The molecule has 1 rings (SSSR count). The van der Waals surface area contributed by atoms with E-state index in [0.29, 0.717) is 26.2 Å². The van der Waals surface area contributed by atoms with Crippen molar-refractivity contribution in [1.29, 1.82) is 0 Å². The lowest BCUT2D eigenvalue weighted by atomic mass is 10.3. The molecule has 1 aromatic heterocycles. The third-order valence-corrected chi connectivity index (χ3v) is 3.05. The first-order valence-electron chi connectivity index (χ1n) is 7.44. The maximum Gasteiger partial charge on any atom is 0.292 e. The van der Waals surface area contributed by atoms with Crippen LogP contribution in [0.25, 0.3) is 0 Å². The third-order valence-electron chi connectivity index (χ3n) is 3.05. The van der Waals surface area contributed by atoms with Gasteiger partial charge in [0.25, 0.3) is 11.5 Å². The molecule has 0 aliphatic heterocycles. The van der Waals surface area contributed by atoms with Gasteiger partial charge in [-0.2, -0.15) is 0 Å². The zero-order chi connectivity index (χ0) is 15.7. The first-order chi connectivity index (χ1) is 10.1. The van der Waals surface area contributed by atoms with Crippen molar-refractivity contribution in [3.8, 4) is 5.75 Å². The van der Waals surface area contributed by atoms with E-state index in [2.05, 4.69) is 0 Å². The van der Waals surface area contributed by atoms with Gasteiger partial charge in [-0.3, -0.25) is 9.59 Å². The van der Waals surface area contributed by atoms with Crippen molar-refractivity contribution < 1.29 is 9.53 Å². The predicted octanol–water partition coefficient (Wildman–Crippen LogP) is 0.834. The summed E-state index contributed by atoms with van der Waals surface area (Å²) in [6, 6.07) is 3.29. The molecular formula is C15H25N3O3. The Morgan fingerprint density at radius 2 is 2.00 bits per heavy atom. The van der Waals surface area contributed by atoms with Gasteiger partial charge in [0.1, 0.15) is 0 Å². The number of carbonyl (C=O) groups excluding carboxylic acids is 1. The molecule has 6 nitrogen and oxygen atoms in total. The van der Waals surface area contributed by atoms with E-state index in [0.717, 1.165) is 12.8 Å². The summed E-state index contributed by atoms with van der Waals surface area (Å²) < 4.78 is 6.88. The molecule has 0 aromatic carbocycles. The first-order valence-corrected chi connectivity index (χ1v) is 7.44. The van der Waals surface area contributed by atoms with Gasteiger partial charge in [-0.25, -0.2) is 0 Å². The van der Waals surface area contributed by atoms with Crippen LogP contribution in [0, 0.1) is 0 Å². The predicted molar refractivity (Wildman–Crippen MR) is 82.4 cm³/mol. The normalized spacial score (nSPS) is 10.4. The number of nitrogens with two attached hydrogens (primary N) is 1. The Labute approximate surface area is 125 Å². The summed E-state index contributed by atoms with van der Waals surface area (Å²) in [5.41, 5.74) is 5.19. The van der Waals surface area contributed by atoms with Gasteiger partial charge in [-0.05, 0) is 25.0 Å². The largest absolute Gasteiger partial charge is 0.478 e. The van der Waals surface area contributed by atoms with E-state index in [1.165, 1.54) is 4.57 Å². The van der Waals surface area contributed by atoms with Gasteiger partial charge in [0.2, 0.25) is 0 Å². The number of pyridine rings is 1. The summed E-state index contributed by atoms with van der Waals surface area (Å²) in [4.78, 5) is 25.9. The fourth-order valence-corrected chi connectivity index (χ4v) is 2.07. The summed E-state index contributed by atoms with van der Waals surface area (Å²) in [5.74, 6) is 0.0968. The van der Waals surface area contributed by atoms with Gasteiger partial charge in [0.05, 0.1) is 0 Å². The number of nitrogens with zero attached hydrogens (tertiary/aromatic N) is 2. The van der Waals surface area contributed by atoms with Crippen molar-refractivity contribution in [2.24, 2.45) is 5.73 Å². The number of hydrogen-bond acceptors (Lipinski definition) is 4. The Balaban J connectivity index is 2.68. The zero-order valence-corrected chi connectivity index (χ0v) is 12.9. The topological polar surface area (TPSA) is 77.6 Å². The molecule has 0 spiro atoms. The number of rotatable bonds is 9. The van der Waals surface area contributed by atoms with Crippen LogP contribution in [0.2, 0.25) is 0 Å². The number of hydrogen-bond donors (Lipinski definition) is 1. The smallest absolute Gasteiger partial charge is 0.292 e. The number of amides is 1. The molecule has 118 valence electrons. The molecule has 0 aliphatic rings. The van der Waals surface area contributed by atoms with Crippen molar-refractivity contribution in [1.82, 2.24) is 9.47 Å². The summed E-state index contributed by atoms with van der Waals surface area (Å²) >= 11 is 0. The Morgan fingerprint density at radius 3 is 2.57 bits per heavy atom. The quantitative estimate of drug-likeness (QED) is 0.732. The second-order valence-corrected chi connectivity index (χ2v) is 4.83. The molecule has 21 heavy (non-hydrogen) atoms. The SMILES string of the molecule is CCCN(CCC)C(=O)COc1cccn(CCN)c1=O. The Hall–Kier alpha value is -1.82. The molecule has 6 heteroatoms. The highest BCUT2D eigenvalue weighted by molar-refractivity contribution is 5.77. The lowest BCUT2D eigenvalue weighted by molar-refractivity contribution is -0.133. The second-order valence-electron chi connectivity index (χ2n) is 4.83. The lowest BCUT2D eigenvalue weighted by Gasteiger charge is -2.21. The third kappa shape index (κ3) is 5.23. The average Bonchev–Trinajstić information content (AvgIpc) is 2.48. The number of ether oxygens (including phenoxy) is 1. The minimum Gasteiger partial charge on any atom is -0.478 e. The Morgan fingerprint density at radius 1 is 1.33 bits per heavy atom. The maximum atomic E-state index is 12.1. The number of carbonyl (C=O) groups is 1. The molecule has 2 N–H and O–H groups in total. The molecule has 0 fully saturated rings. The van der Waals surface area contributed by atoms with Crippen LogP contribution in [0.3, 0.4) is 0 Å². The van der Waals surface area contributed by atoms with Crippen molar-refractivity contribution in [3.63, 3.8) is 0 Å². The number of aromatic nitrogens is 1. The maximum absolute atomic E-state index is 12.1. The van der Waals surface area contributed by atoms with Gasteiger partial charge in [0, 0.05) is 32.4 Å². The summed E-state index contributed by atoms with van der Waals surface area (Å²) in [7, 11) is 0. The summed E-state index contributed by atoms with van der Waals surface area (Å²) in [6.45, 7) is 6.18. The molecule has 0 unspecified atom stereocenters. The molecule has 0 saturated carbocycles. The van der Waals surface area contributed by atoms with Crippen LogP contribution in [0.1, 0.15) is 26.7 Å². The van der Waals surface area contributed by atoms with Crippen molar-refractivity contribution in [2.75, 3.05) is 26.2 Å². The molecular weight excluding hydrogens is 270 g/mol. The van der Waals surface area contributed by atoms with Crippen LogP contribution in [0.15, 0.2) is 23.1 Å². The van der Waals surface area contributed by atoms with Gasteiger partial charge in [0.15, 0.2) is 12.4 Å². The summed E-state index contributed by atoms with van der Waals surface area (Å²) in [6.07, 6.45) is 3.46. The highest BCUT2D eigenvalue weighted by Crippen LogP contribution is 2.03. The monoisotopic (exact) mass is 295 g/mol. The van der Waals surface area contributed by atoms with Gasteiger partial charge < -0.3 is 19.9 Å². The highest BCUT2D eigenvalue weighted by atomic mass is 16.5. The molecule has 0 atom stereocenters. The molecule has 0 bridgehead atoms. The summed E-state index contributed by atoms with van der Waals surface area (Å²) in [5, 5.41) is 0. The molecule has 1 amide bonds. The van der Waals surface area contributed by atoms with Crippen molar-refractivity contribution >= 4 is 5.91 Å². The van der Waals surface area contributed by atoms with Crippen LogP contribution >= 0.6 is 0 Å². The van der Waals surface area contributed by atoms with E-state index in [9.17, 15) is 9.59 Å². The van der Waals surface area contributed by atoms with Crippen molar-refractivity contribution in [3.05, 3.63) is 28.7 Å². The van der Waals surface area contributed by atoms with E-state index in [-0.39, 0.29) is 23.8 Å². The van der Waals surface area contributed by atoms with E-state index in [1.54, 1.807) is 23.2 Å². The molecule has 1 heterocycles. The van der Waals surface area contributed by atoms with E-state index >= 15 is 0 Å². The fourth-order valence-electron chi connectivity index (χ4n) is 2.07. The zero-order valence-electron chi connectivity index (χ0n) is 12.9.